The van der Waals surface area contributed by atoms with Gasteiger partial charge in [0.05, 0.1) is 26.7 Å². The van der Waals surface area contributed by atoms with Gasteiger partial charge in [-0.05, 0) is 19.9 Å². The van der Waals surface area contributed by atoms with Crippen LogP contribution < -0.4 is 5.32 Å². The van der Waals surface area contributed by atoms with Gasteiger partial charge < -0.3 is 14.2 Å². The standard InChI is InChI=1S/C13H19NO7/c1-5-9(15)8-13(10(16)20-6-2,11(17)21-7-3)14-12(18)19-4/h5H,1,6-8H2,2-4H3,(H,14,18). The molecule has 1 N–H and O–H groups in total. The highest BCUT2D eigenvalue weighted by Gasteiger charge is 2.52. The van der Waals surface area contributed by atoms with E-state index in [2.05, 4.69) is 11.3 Å². The first kappa shape index (κ1) is 18.6. The second kappa shape index (κ2) is 8.72. The zero-order valence-corrected chi connectivity index (χ0v) is 12.3. The minimum absolute atomic E-state index is 0.0505. The van der Waals surface area contributed by atoms with Crippen molar-refractivity contribution in [1.29, 1.82) is 0 Å². The summed E-state index contributed by atoms with van der Waals surface area (Å²) >= 11 is 0. The number of rotatable bonds is 8. The van der Waals surface area contributed by atoms with Crippen LogP contribution in [0.1, 0.15) is 20.3 Å². The van der Waals surface area contributed by atoms with Crippen LogP contribution in [-0.2, 0) is 28.6 Å². The van der Waals surface area contributed by atoms with Crippen molar-refractivity contribution < 1.29 is 33.4 Å². The summed E-state index contributed by atoms with van der Waals surface area (Å²) in [5.74, 6) is -2.86. The summed E-state index contributed by atoms with van der Waals surface area (Å²) in [5.41, 5.74) is -2.30. The van der Waals surface area contributed by atoms with Gasteiger partial charge in [-0.25, -0.2) is 14.4 Å². The number of ketones is 1. The molecule has 0 aliphatic rings. The third-order valence-corrected chi connectivity index (χ3v) is 2.42. The molecular weight excluding hydrogens is 282 g/mol. The highest BCUT2D eigenvalue weighted by atomic mass is 16.6. The van der Waals surface area contributed by atoms with Gasteiger partial charge in [0.1, 0.15) is 0 Å². The fourth-order valence-corrected chi connectivity index (χ4v) is 1.44. The number of allylic oxidation sites excluding steroid dienone is 1. The van der Waals surface area contributed by atoms with Crippen LogP contribution in [0.15, 0.2) is 12.7 Å². The average Bonchev–Trinajstić information content (AvgIpc) is 2.46. The number of alkyl carbamates (subject to hydrolysis) is 1. The van der Waals surface area contributed by atoms with Crippen molar-refractivity contribution in [1.82, 2.24) is 5.32 Å². The lowest BCUT2D eigenvalue weighted by Crippen LogP contribution is -2.62. The van der Waals surface area contributed by atoms with E-state index in [1.54, 1.807) is 0 Å². The molecule has 1 amide bonds. The largest absolute Gasteiger partial charge is 0.464 e. The number of hydrogen-bond donors (Lipinski definition) is 1. The Morgan fingerprint density at radius 1 is 1.10 bits per heavy atom. The Balaban J connectivity index is 5.72. The fourth-order valence-electron chi connectivity index (χ4n) is 1.44. The molecule has 0 heterocycles. The van der Waals surface area contributed by atoms with Crippen LogP contribution in [0.5, 0.6) is 0 Å². The molecule has 8 heteroatoms. The molecule has 8 nitrogen and oxygen atoms in total. The Labute approximate surface area is 122 Å². The van der Waals surface area contributed by atoms with Gasteiger partial charge >= 0.3 is 18.0 Å². The normalized spacial score (nSPS) is 10.2. The number of amides is 1. The fraction of sp³-hybridized carbons (Fsp3) is 0.538. The molecule has 0 bridgehead atoms. The molecule has 0 radical (unpaired) electrons. The molecule has 21 heavy (non-hydrogen) atoms. The van der Waals surface area contributed by atoms with Crippen molar-refractivity contribution in [3.63, 3.8) is 0 Å². The zero-order valence-electron chi connectivity index (χ0n) is 12.3. The summed E-state index contributed by atoms with van der Waals surface area (Å²) in [4.78, 5) is 47.2. The Kier molecular flexibility index (Phi) is 7.74. The number of nitrogens with one attached hydrogen (secondary N) is 1. The topological polar surface area (TPSA) is 108 Å². The van der Waals surface area contributed by atoms with Gasteiger partial charge in [-0.2, -0.15) is 0 Å². The van der Waals surface area contributed by atoms with Gasteiger partial charge in [0.2, 0.25) is 5.54 Å². The molecule has 0 spiro atoms. The number of esters is 2. The van der Waals surface area contributed by atoms with Gasteiger partial charge in [-0.15, -0.1) is 0 Å². The molecule has 0 aliphatic heterocycles. The van der Waals surface area contributed by atoms with E-state index < -0.39 is 35.8 Å². The quantitative estimate of drug-likeness (QED) is 0.298. The van der Waals surface area contributed by atoms with E-state index in [4.69, 9.17) is 9.47 Å². The second-order valence-electron chi connectivity index (χ2n) is 3.81. The maximum atomic E-state index is 12.1. The van der Waals surface area contributed by atoms with Crippen LogP contribution in [-0.4, -0.2) is 49.7 Å². The first-order valence-electron chi connectivity index (χ1n) is 6.23. The maximum Gasteiger partial charge on any atom is 0.408 e. The molecule has 0 unspecified atom stereocenters. The van der Waals surface area contributed by atoms with Gasteiger partial charge in [-0.1, -0.05) is 6.58 Å². The number of carbonyl (C=O) groups is 4. The van der Waals surface area contributed by atoms with Crippen LogP contribution in [0, 0.1) is 0 Å². The minimum Gasteiger partial charge on any atom is -0.464 e. The lowest BCUT2D eigenvalue weighted by molar-refractivity contribution is -0.167. The van der Waals surface area contributed by atoms with Crippen LogP contribution in [0.3, 0.4) is 0 Å². The maximum absolute atomic E-state index is 12.1. The van der Waals surface area contributed by atoms with E-state index in [9.17, 15) is 19.2 Å². The van der Waals surface area contributed by atoms with E-state index in [1.807, 2.05) is 5.32 Å². The van der Waals surface area contributed by atoms with Gasteiger partial charge in [-0.3, -0.25) is 10.1 Å². The summed E-state index contributed by atoms with van der Waals surface area (Å²) in [6.07, 6.45) is -0.830. The SMILES string of the molecule is C=CC(=O)CC(NC(=O)OC)(C(=O)OCC)C(=O)OCC. The number of ether oxygens (including phenoxy) is 3. The van der Waals surface area contributed by atoms with Crippen molar-refractivity contribution in [2.45, 2.75) is 25.8 Å². The van der Waals surface area contributed by atoms with Crippen LogP contribution in [0.25, 0.3) is 0 Å². The number of hydrogen-bond acceptors (Lipinski definition) is 7. The predicted molar refractivity (Wildman–Crippen MR) is 71.4 cm³/mol. The lowest BCUT2D eigenvalue weighted by atomic mass is 9.92. The molecule has 0 saturated carbocycles. The van der Waals surface area contributed by atoms with Gasteiger partial charge in [0.15, 0.2) is 5.78 Å². The molecule has 0 rings (SSSR count). The summed E-state index contributed by atoms with van der Waals surface area (Å²) in [7, 11) is 1.05. The van der Waals surface area contributed by atoms with Crippen molar-refractivity contribution in [2.75, 3.05) is 20.3 Å². The first-order chi connectivity index (χ1) is 9.87. The third kappa shape index (κ3) is 4.90. The minimum atomic E-state index is -2.30. The van der Waals surface area contributed by atoms with Crippen molar-refractivity contribution in [3.05, 3.63) is 12.7 Å². The van der Waals surface area contributed by atoms with Crippen molar-refractivity contribution in [3.8, 4) is 0 Å². The predicted octanol–water partition coefficient (Wildman–Crippen LogP) is 0.353. The van der Waals surface area contributed by atoms with Crippen LogP contribution in [0.4, 0.5) is 4.79 Å². The van der Waals surface area contributed by atoms with Crippen molar-refractivity contribution in [2.24, 2.45) is 0 Å². The lowest BCUT2D eigenvalue weighted by Gasteiger charge is -2.28. The highest BCUT2D eigenvalue weighted by Crippen LogP contribution is 2.17. The zero-order chi connectivity index (χ0) is 16.5. The van der Waals surface area contributed by atoms with E-state index in [1.165, 1.54) is 13.8 Å². The molecule has 0 saturated heterocycles. The van der Waals surface area contributed by atoms with Gasteiger partial charge in [0, 0.05) is 0 Å². The number of carbonyl (C=O) groups excluding carboxylic acids is 4. The summed E-state index contributed by atoms with van der Waals surface area (Å²) in [6, 6.07) is 0. The van der Waals surface area contributed by atoms with E-state index in [0.29, 0.717) is 0 Å². The number of methoxy groups -OCH3 is 1. The smallest absolute Gasteiger partial charge is 0.408 e. The van der Waals surface area contributed by atoms with Gasteiger partial charge in [0.25, 0.3) is 0 Å². The molecule has 0 aromatic rings. The molecule has 0 fully saturated rings. The Morgan fingerprint density at radius 2 is 1.57 bits per heavy atom. The van der Waals surface area contributed by atoms with E-state index in [-0.39, 0.29) is 13.2 Å². The highest BCUT2D eigenvalue weighted by molar-refractivity contribution is 6.11. The molecule has 118 valence electrons. The van der Waals surface area contributed by atoms with Crippen molar-refractivity contribution >= 4 is 23.8 Å². The molecule has 0 atom stereocenters. The third-order valence-electron chi connectivity index (χ3n) is 2.42. The molecule has 0 aliphatic carbocycles. The van der Waals surface area contributed by atoms with E-state index >= 15 is 0 Å². The monoisotopic (exact) mass is 301 g/mol. The summed E-state index contributed by atoms with van der Waals surface area (Å²) in [6.45, 7) is 6.19. The van der Waals surface area contributed by atoms with Crippen LogP contribution in [0.2, 0.25) is 0 Å². The van der Waals surface area contributed by atoms with Crippen LogP contribution >= 0.6 is 0 Å². The first-order valence-corrected chi connectivity index (χ1v) is 6.23. The second-order valence-corrected chi connectivity index (χ2v) is 3.81. The average molecular weight is 301 g/mol. The summed E-state index contributed by atoms with van der Waals surface area (Å²) in [5, 5.41) is 2.04. The Hall–Kier alpha value is -2.38. The Morgan fingerprint density at radius 3 is 1.90 bits per heavy atom. The summed E-state index contributed by atoms with van der Waals surface area (Å²) < 4.78 is 13.9. The Bertz CT molecular complexity index is 412. The molecule has 0 aromatic heterocycles. The van der Waals surface area contributed by atoms with E-state index in [0.717, 1.165) is 13.2 Å². The molecule has 0 aromatic carbocycles. The molecular formula is C13H19NO7.